The van der Waals surface area contributed by atoms with Gasteiger partial charge in [0.05, 0.1) is 25.2 Å². The lowest BCUT2D eigenvalue weighted by molar-refractivity contribution is -0.162. The van der Waals surface area contributed by atoms with Gasteiger partial charge in [0, 0.05) is 24.6 Å². The van der Waals surface area contributed by atoms with Crippen LogP contribution in [0.2, 0.25) is 0 Å². The fourth-order valence-corrected chi connectivity index (χ4v) is 6.08. The summed E-state index contributed by atoms with van der Waals surface area (Å²) in [5.74, 6) is 2.33. The third-order valence-corrected chi connectivity index (χ3v) is 8.94. The summed E-state index contributed by atoms with van der Waals surface area (Å²) in [5, 5.41) is 0. The maximum atomic E-state index is 13.8. The highest BCUT2D eigenvalue weighted by molar-refractivity contribution is 6.03. The number of unbranched alkanes of at least 4 members (excludes halogenated alkanes) is 2. The summed E-state index contributed by atoms with van der Waals surface area (Å²) < 4.78 is 29.9. The number of rotatable bonds is 18. The lowest BCUT2D eigenvalue weighted by atomic mass is 9.78. The van der Waals surface area contributed by atoms with E-state index in [1.807, 2.05) is 68.5 Å². The molecule has 1 fully saturated rings. The number of hydrogen-bond donors (Lipinski definition) is 0. The van der Waals surface area contributed by atoms with Gasteiger partial charge < -0.3 is 19.1 Å². The molecule has 0 N–H and O–H groups in total. The van der Waals surface area contributed by atoms with Gasteiger partial charge in [-0.15, -0.1) is 6.58 Å². The van der Waals surface area contributed by atoms with E-state index < -0.39 is 41.7 Å². The first-order valence-electron chi connectivity index (χ1n) is 18.0. The van der Waals surface area contributed by atoms with Gasteiger partial charge in [0.15, 0.2) is 5.92 Å². The highest BCUT2D eigenvalue weighted by atomic mass is 19.1. The standard InChI is InChI=1S/C43H48FNO7/c1-5-8-28-50-42(48)38(43(49)51-29-9-6-2)13-10-12-32-14-18-34(19-15-32)40-37(41(47)45(40)36-24-16-31(11-7-3)17-25-36)26-27-39(52-30(4)46)33-20-22-35(44)23-21-33/h7,14-25,37-40H,3,5-6,8-9,11,13,26-29H2,1-2,4H3/t37-,39+,40-/m1/s1. The lowest BCUT2D eigenvalue weighted by Crippen LogP contribution is -2.55. The molecule has 1 amide bonds. The van der Waals surface area contributed by atoms with Gasteiger partial charge in [-0.05, 0) is 85.2 Å². The Balaban J connectivity index is 1.54. The van der Waals surface area contributed by atoms with Gasteiger partial charge in [-0.25, -0.2) is 4.39 Å². The molecule has 0 aromatic heterocycles. The minimum Gasteiger partial charge on any atom is -0.465 e. The average molecular weight is 710 g/mol. The second-order valence-corrected chi connectivity index (χ2v) is 12.9. The van der Waals surface area contributed by atoms with E-state index in [9.17, 15) is 23.6 Å². The minimum absolute atomic E-state index is 0.0376. The second kappa shape index (κ2) is 20.0. The Labute approximate surface area is 306 Å². The van der Waals surface area contributed by atoms with Crippen molar-refractivity contribution in [2.75, 3.05) is 18.1 Å². The monoisotopic (exact) mass is 709 g/mol. The molecule has 9 heteroatoms. The van der Waals surface area contributed by atoms with E-state index >= 15 is 0 Å². The molecular formula is C43H48FNO7. The van der Waals surface area contributed by atoms with E-state index in [1.54, 1.807) is 17.0 Å². The number of carbonyl (C=O) groups excluding carboxylic acids is 4. The molecule has 52 heavy (non-hydrogen) atoms. The number of hydrogen-bond acceptors (Lipinski definition) is 7. The summed E-state index contributed by atoms with van der Waals surface area (Å²) in [6.45, 7) is 9.58. The number of carbonyl (C=O) groups is 4. The average Bonchev–Trinajstić information content (AvgIpc) is 3.13. The third kappa shape index (κ3) is 10.9. The van der Waals surface area contributed by atoms with Crippen LogP contribution in [0.15, 0.2) is 85.5 Å². The summed E-state index contributed by atoms with van der Waals surface area (Å²) in [6, 6.07) is 20.9. The molecule has 1 saturated heterocycles. The largest absolute Gasteiger partial charge is 0.465 e. The van der Waals surface area contributed by atoms with Crippen molar-refractivity contribution >= 4 is 29.5 Å². The Morgan fingerprint density at radius 2 is 1.52 bits per heavy atom. The molecule has 1 aliphatic heterocycles. The quantitative estimate of drug-likeness (QED) is 0.0249. The molecule has 4 rings (SSSR count). The molecule has 1 aliphatic rings. The predicted molar refractivity (Wildman–Crippen MR) is 197 cm³/mol. The Bertz CT molecular complexity index is 1700. The molecule has 1 heterocycles. The zero-order chi connectivity index (χ0) is 37.5. The number of nitrogens with zero attached hydrogens (tertiary/aromatic N) is 1. The van der Waals surface area contributed by atoms with E-state index in [0.29, 0.717) is 43.2 Å². The molecule has 8 nitrogen and oxygen atoms in total. The van der Waals surface area contributed by atoms with Crippen LogP contribution < -0.4 is 4.90 Å². The Morgan fingerprint density at radius 3 is 2.08 bits per heavy atom. The molecule has 0 saturated carbocycles. The number of β-lactam (4-membered cyclic amide) rings is 1. The minimum atomic E-state index is -1.13. The molecule has 3 aromatic carbocycles. The number of ether oxygens (including phenoxy) is 3. The number of allylic oxidation sites excluding steroid dienone is 1. The number of benzene rings is 3. The van der Waals surface area contributed by atoms with Gasteiger partial charge in [0.1, 0.15) is 11.9 Å². The summed E-state index contributed by atoms with van der Waals surface area (Å²) in [4.78, 5) is 53.0. The first kappa shape index (κ1) is 39.6. The Morgan fingerprint density at radius 1 is 0.904 bits per heavy atom. The zero-order valence-electron chi connectivity index (χ0n) is 30.3. The zero-order valence-corrected chi connectivity index (χ0v) is 30.3. The molecule has 0 spiro atoms. The van der Waals surface area contributed by atoms with Crippen molar-refractivity contribution in [3.05, 3.63) is 114 Å². The molecule has 0 radical (unpaired) electrons. The summed E-state index contributed by atoms with van der Waals surface area (Å²) in [5.41, 5.74) is 4.07. The predicted octanol–water partition coefficient (Wildman–Crippen LogP) is 8.39. The summed E-state index contributed by atoms with van der Waals surface area (Å²) in [7, 11) is 0. The van der Waals surface area contributed by atoms with Crippen LogP contribution in [-0.4, -0.2) is 37.0 Å². The van der Waals surface area contributed by atoms with Gasteiger partial charge in [-0.1, -0.05) is 81.0 Å². The number of halogens is 1. The van der Waals surface area contributed by atoms with Crippen LogP contribution in [0.3, 0.4) is 0 Å². The lowest BCUT2D eigenvalue weighted by Gasteiger charge is -2.48. The van der Waals surface area contributed by atoms with Crippen LogP contribution in [0, 0.1) is 29.5 Å². The summed E-state index contributed by atoms with van der Waals surface area (Å²) >= 11 is 0. The van der Waals surface area contributed by atoms with Crippen molar-refractivity contribution in [1.29, 1.82) is 0 Å². The van der Waals surface area contributed by atoms with Crippen LogP contribution in [-0.2, 0) is 39.8 Å². The fourth-order valence-electron chi connectivity index (χ4n) is 6.08. The molecule has 3 aromatic rings. The van der Waals surface area contributed by atoms with Crippen molar-refractivity contribution in [2.24, 2.45) is 11.8 Å². The van der Waals surface area contributed by atoms with Crippen LogP contribution in [0.5, 0.6) is 0 Å². The van der Waals surface area contributed by atoms with E-state index in [4.69, 9.17) is 14.2 Å². The molecule has 0 unspecified atom stereocenters. The van der Waals surface area contributed by atoms with Crippen molar-refractivity contribution in [2.45, 2.75) is 84.3 Å². The maximum absolute atomic E-state index is 13.8. The molecule has 3 atom stereocenters. The normalized spacial score (nSPS) is 15.6. The smallest absolute Gasteiger partial charge is 0.321 e. The van der Waals surface area contributed by atoms with Gasteiger partial charge in [-0.3, -0.25) is 19.2 Å². The van der Waals surface area contributed by atoms with Crippen LogP contribution >= 0.6 is 0 Å². The summed E-state index contributed by atoms with van der Waals surface area (Å²) in [6.07, 6.45) is 5.78. The Hall–Kier alpha value is -5.23. The topological polar surface area (TPSA) is 99.2 Å². The number of anilines is 1. The second-order valence-electron chi connectivity index (χ2n) is 12.9. The first-order valence-corrected chi connectivity index (χ1v) is 18.0. The van der Waals surface area contributed by atoms with E-state index in [-0.39, 0.29) is 31.6 Å². The molecule has 0 bridgehead atoms. The van der Waals surface area contributed by atoms with Gasteiger partial charge in [-0.2, -0.15) is 0 Å². The van der Waals surface area contributed by atoms with Crippen molar-refractivity contribution in [3.8, 4) is 11.8 Å². The van der Waals surface area contributed by atoms with Crippen molar-refractivity contribution in [1.82, 2.24) is 0 Å². The number of esters is 3. The van der Waals surface area contributed by atoms with Crippen LogP contribution in [0.25, 0.3) is 0 Å². The first-order chi connectivity index (χ1) is 25.2. The number of amides is 1. The van der Waals surface area contributed by atoms with Crippen molar-refractivity contribution in [3.63, 3.8) is 0 Å². The molecule has 274 valence electrons. The van der Waals surface area contributed by atoms with Gasteiger partial charge in [0.25, 0.3) is 0 Å². The third-order valence-electron chi connectivity index (χ3n) is 8.94. The molecule has 0 aliphatic carbocycles. The van der Waals surface area contributed by atoms with E-state index in [1.165, 1.54) is 19.1 Å². The SMILES string of the molecule is C=CCc1ccc(N2C(=O)[C@H](CC[C@H](OC(C)=O)c3ccc(F)cc3)[C@H]2c2ccc(C#CCC(C(=O)OCCCC)C(=O)OCCCC)cc2)cc1. The van der Waals surface area contributed by atoms with Crippen LogP contribution in [0.1, 0.15) is 100 Å². The molecular weight excluding hydrogens is 661 g/mol. The van der Waals surface area contributed by atoms with Gasteiger partial charge >= 0.3 is 17.9 Å². The van der Waals surface area contributed by atoms with E-state index in [2.05, 4.69) is 18.4 Å². The highest BCUT2D eigenvalue weighted by Crippen LogP contribution is 2.46. The fraction of sp³-hybridized carbons (Fsp3) is 0.395. The van der Waals surface area contributed by atoms with E-state index in [0.717, 1.165) is 29.7 Å². The Kier molecular flexibility index (Phi) is 15.2. The van der Waals surface area contributed by atoms with Gasteiger partial charge in [0.2, 0.25) is 5.91 Å². The maximum Gasteiger partial charge on any atom is 0.321 e. The van der Waals surface area contributed by atoms with Crippen LogP contribution in [0.4, 0.5) is 10.1 Å². The highest BCUT2D eigenvalue weighted by Gasteiger charge is 2.48. The van der Waals surface area contributed by atoms with Crippen molar-refractivity contribution < 1.29 is 37.8 Å².